The molecule has 0 aliphatic carbocycles. The molecular formula is C18H13ClFN3O2S2. The molecule has 2 amide bonds. The van der Waals surface area contributed by atoms with Gasteiger partial charge in [0, 0.05) is 23.2 Å². The number of fused-ring (bicyclic) bond motifs is 1. The predicted molar refractivity (Wildman–Crippen MR) is 104 cm³/mol. The van der Waals surface area contributed by atoms with Gasteiger partial charge in [0.25, 0.3) is 11.8 Å². The van der Waals surface area contributed by atoms with Gasteiger partial charge in [-0.3, -0.25) is 14.9 Å². The van der Waals surface area contributed by atoms with Gasteiger partial charge in [0.05, 0.1) is 28.4 Å². The van der Waals surface area contributed by atoms with E-state index in [1.165, 1.54) is 34.8 Å². The molecule has 3 heterocycles. The number of aromatic nitrogens is 1. The third-order valence-electron chi connectivity index (χ3n) is 4.18. The second-order valence-corrected chi connectivity index (χ2v) is 8.23. The Morgan fingerprint density at radius 2 is 2.15 bits per heavy atom. The van der Waals surface area contributed by atoms with Gasteiger partial charge in [-0.25, -0.2) is 9.37 Å². The molecule has 0 fully saturated rings. The van der Waals surface area contributed by atoms with Crippen LogP contribution in [0.15, 0.2) is 35.0 Å². The van der Waals surface area contributed by atoms with Crippen molar-refractivity contribution < 1.29 is 14.0 Å². The van der Waals surface area contributed by atoms with Crippen LogP contribution in [0.3, 0.4) is 0 Å². The molecule has 1 N–H and O–H groups in total. The number of hydrogen-bond donors (Lipinski definition) is 1. The highest BCUT2D eigenvalue weighted by atomic mass is 35.5. The maximum Gasteiger partial charge on any atom is 0.258 e. The van der Waals surface area contributed by atoms with E-state index in [-0.39, 0.29) is 22.4 Å². The van der Waals surface area contributed by atoms with E-state index in [0.29, 0.717) is 30.2 Å². The Bertz CT molecular complexity index is 1020. The minimum absolute atomic E-state index is 0.0961. The largest absolute Gasteiger partial charge is 0.333 e. The molecule has 9 heteroatoms. The molecule has 0 saturated carbocycles. The van der Waals surface area contributed by atoms with E-state index < -0.39 is 5.82 Å². The fraction of sp³-hybridized carbons (Fsp3) is 0.167. The summed E-state index contributed by atoms with van der Waals surface area (Å²) in [6.07, 6.45) is 0.588. The summed E-state index contributed by atoms with van der Waals surface area (Å²) in [5.74, 6) is -0.928. The summed E-state index contributed by atoms with van der Waals surface area (Å²) in [5.41, 5.74) is 1.75. The van der Waals surface area contributed by atoms with Crippen LogP contribution in [0.1, 0.15) is 31.3 Å². The number of rotatable bonds is 3. The van der Waals surface area contributed by atoms with Crippen LogP contribution in [0, 0.1) is 5.82 Å². The minimum Gasteiger partial charge on any atom is -0.333 e. The smallest absolute Gasteiger partial charge is 0.258 e. The van der Waals surface area contributed by atoms with E-state index in [9.17, 15) is 14.0 Å². The molecule has 0 radical (unpaired) electrons. The number of anilines is 1. The maximum absolute atomic E-state index is 13.2. The van der Waals surface area contributed by atoms with Gasteiger partial charge >= 0.3 is 0 Å². The van der Waals surface area contributed by atoms with Crippen LogP contribution in [0.5, 0.6) is 0 Å². The number of halogens is 2. The molecule has 0 atom stereocenters. The number of carbonyl (C=O) groups is 2. The van der Waals surface area contributed by atoms with Crippen molar-refractivity contribution in [3.63, 3.8) is 0 Å². The zero-order valence-electron chi connectivity index (χ0n) is 13.9. The summed E-state index contributed by atoms with van der Waals surface area (Å²) < 4.78 is 13.2. The first-order valence-electron chi connectivity index (χ1n) is 8.07. The van der Waals surface area contributed by atoms with Gasteiger partial charge in [-0.2, -0.15) is 11.3 Å². The van der Waals surface area contributed by atoms with Crippen LogP contribution < -0.4 is 5.32 Å². The molecule has 0 spiro atoms. The summed E-state index contributed by atoms with van der Waals surface area (Å²) in [5, 5.41) is 7.03. The highest BCUT2D eigenvalue weighted by Crippen LogP contribution is 2.30. The molecule has 0 bridgehead atoms. The number of thiazole rings is 1. The first-order valence-corrected chi connectivity index (χ1v) is 10.2. The van der Waals surface area contributed by atoms with Gasteiger partial charge < -0.3 is 4.90 Å². The Hall–Kier alpha value is -2.29. The fourth-order valence-corrected chi connectivity index (χ4v) is 4.72. The summed E-state index contributed by atoms with van der Waals surface area (Å²) in [6, 6.07) is 5.50. The van der Waals surface area contributed by atoms with Crippen LogP contribution in [0.2, 0.25) is 5.02 Å². The Morgan fingerprint density at radius 3 is 2.89 bits per heavy atom. The van der Waals surface area contributed by atoms with Crippen LogP contribution >= 0.6 is 34.3 Å². The summed E-state index contributed by atoms with van der Waals surface area (Å²) >= 11 is 8.82. The number of benzene rings is 1. The van der Waals surface area contributed by atoms with E-state index in [1.54, 1.807) is 16.3 Å². The first-order chi connectivity index (χ1) is 13.0. The molecule has 1 aliphatic heterocycles. The zero-order chi connectivity index (χ0) is 19.0. The fourth-order valence-electron chi connectivity index (χ4n) is 2.82. The topological polar surface area (TPSA) is 62.3 Å². The maximum atomic E-state index is 13.2. The van der Waals surface area contributed by atoms with Crippen molar-refractivity contribution in [1.82, 2.24) is 9.88 Å². The summed E-state index contributed by atoms with van der Waals surface area (Å²) in [7, 11) is 0. The van der Waals surface area contributed by atoms with Gasteiger partial charge in [0.15, 0.2) is 5.13 Å². The summed E-state index contributed by atoms with van der Waals surface area (Å²) in [6.45, 7) is 0.870. The van der Waals surface area contributed by atoms with E-state index in [0.717, 1.165) is 16.6 Å². The second-order valence-electron chi connectivity index (χ2n) is 5.96. The Balaban J connectivity index is 1.49. The average Bonchev–Trinajstić information content (AvgIpc) is 3.30. The molecular weight excluding hydrogens is 409 g/mol. The molecule has 5 nitrogen and oxygen atoms in total. The monoisotopic (exact) mass is 421 g/mol. The van der Waals surface area contributed by atoms with Gasteiger partial charge in [-0.15, -0.1) is 0 Å². The van der Waals surface area contributed by atoms with Crippen molar-refractivity contribution in [2.24, 2.45) is 0 Å². The molecule has 1 aromatic carbocycles. The van der Waals surface area contributed by atoms with Crippen LogP contribution in [0.25, 0.3) is 0 Å². The lowest BCUT2D eigenvalue weighted by molar-refractivity contribution is 0.0736. The third-order valence-corrected chi connectivity index (χ3v) is 6.18. The molecule has 138 valence electrons. The SMILES string of the molecule is O=C(Nc1nc2c(s1)CN(C(=O)c1ccc(F)cc1Cl)CC2)c1ccsc1. The number of amides is 2. The van der Waals surface area contributed by atoms with Gasteiger partial charge in [0.1, 0.15) is 5.82 Å². The highest BCUT2D eigenvalue weighted by molar-refractivity contribution is 7.16. The number of hydrogen-bond acceptors (Lipinski definition) is 5. The van der Waals surface area contributed by atoms with Crippen molar-refractivity contribution in [2.75, 3.05) is 11.9 Å². The number of thiophene rings is 1. The average molecular weight is 422 g/mol. The van der Waals surface area contributed by atoms with Gasteiger partial charge in [-0.1, -0.05) is 22.9 Å². The highest BCUT2D eigenvalue weighted by Gasteiger charge is 2.26. The number of carbonyl (C=O) groups excluding carboxylic acids is 2. The van der Waals surface area contributed by atoms with Crippen LogP contribution in [0.4, 0.5) is 9.52 Å². The molecule has 3 aromatic rings. The lowest BCUT2D eigenvalue weighted by Gasteiger charge is -2.26. The van der Waals surface area contributed by atoms with Crippen LogP contribution in [-0.2, 0) is 13.0 Å². The van der Waals surface area contributed by atoms with Crippen molar-refractivity contribution >= 4 is 51.2 Å². The van der Waals surface area contributed by atoms with Crippen molar-refractivity contribution in [3.05, 3.63) is 67.6 Å². The van der Waals surface area contributed by atoms with E-state index in [2.05, 4.69) is 10.3 Å². The normalized spacial score (nSPS) is 13.3. The third kappa shape index (κ3) is 3.73. The Kier molecular flexibility index (Phi) is 4.94. The lowest BCUT2D eigenvalue weighted by Crippen LogP contribution is -2.35. The Labute approximate surface area is 167 Å². The van der Waals surface area contributed by atoms with E-state index >= 15 is 0 Å². The number of nitrogens with zero attached hydrogens (tertiary/aromatic N) is 2. The summed E-state index contributed by atoms with van der Waals surface area (Å²) in [4.78, 5) is 31.9. The molecule has 2 aromatic heterocycles. The van der Waals surface area contributed by atoms with Crippen LogP contribution in [-0.4, -0.2) is 28.2 Å². The quantitative estimate of drug-likeness (QED) is 0.679. The van der Waals surface area contributed by atoms with Gasteiger partial charge in [-0.05, 0) is 29.6 Å². The van der Waals surface area contributed by atoms with E-state index in [1.807, 2.05) is 5.38 Å². The molecule has 1 aliphatic rings. The van der Waals surface area contributed by atoms with Crippen molar-refractivity contribution in [3.8, 4) is 0 Å². The molecule has 0 unspecified atom stereocenters. The minimum atomic E-state index is -0.481. The van der Waals surface area contributed by atoms with Crippen molar-refractivity contribution in [2.45, 2.75) is 13.0 Å². The van der Waals surface area contributed by atoms with Crippen molar-refractivity contribution in [1.29, 1.82) is 0 Å². The molecule has 27 heavy (non-hydrogen) atoms. The Morgan fingerprint density at radius 1 is 1.30 bits per heavy atom. The lowest BCUT2D eigenvalue weighted by atomic mass is 10.1. The number of nitrogens with one attached hydrogen (secondary N) is 1. The molecule has 0 saturated heterocycles. The second kappa shape index (κ2) is 7.38. The first kappa shape index (κ1) is 18.1. The van der Waals surface area contributed by atoms with E-state index in [4.69, 9.17) is 11.6 Å². The predicted octanol–water partition coefficient (Wildman–Crippen LogP) is 4.45. The molecule has 4 rings (SSSR count). The standard InChI is InChI=1S/C18H13ClFN3O2S2/c19-13-7-11(20)1-2-12(13)17(25)23-5-3-14-15(8-23)27-18(21-14)22-16(24)10-4-6-26-9-10/h1-2,4,6-7,9H,3,5,8H2,(H,21,22,24). The zero-order valence-corrected chi connectivity index (χ0v) is 16.3. The van der Waals surface area contributed by atoms with Gasteiger partial charge in [0.2, 0.25) is 0 Å².